The van der Waals surface area contributed by atoms with E-state index in [2.05, 4.69) is 15.6 Å². The molecule has 1 heterocycles. The van der Waals surface area contributed by atoms with Crippen LogP contribution in [0, 0.1) is 6.92 Å². The lowest BCUT2D eigenvalue weighted by molar-refractivity contribution is -0.116. The van der Waals surface area contributed by atoms with Crippen molar-refractivity contribution >= 4 is 29.4 Å². The maximum Gasteiger partial charge on any atom is 0.312 e. The first kappa shape index (κ1) is 21.4. The van der Waals surface area contributed by atoms with Crippen molar-refractivity contribution in [3.8, 4) is 0 Å². The van der Waals surface area contributed by atoms with Crippen molar-refractivity contribution < 1.29 is 9.59 Å². The third kappa shape index (κ3) is 6.63. The van der Waals surface area contributed by atoms with Crippen LogP contribution in [0.1, 0.15) is 29.2 Å². The molecule has 3 aromatic rings. The van der Waals surface area contributed by atoms with Gasteiger partial charge in [-0.05, 0) is 48.4 Å². The fourth-order valence-corrected chi connectivity index (χ4v) is 3.83. The number of benzene rings is 2. The summed E-state index contributed by atoms with van der Waals surface area (Å²) in [4.78, 5) is 29.1. The van der Waals surface area contributed by atoms with Gasteiger partial charge in [-0.3, -0.25) is 9.78 Å². The van der Waals surface area contributed by atoms with Gasteiger partial charge < -0.3 is 16.4 Å². The highest BCUT2D eigenvalue weighted by Crippen LogP contribution is 2.24. The summed E-state index contributed by atoms with van der Waals surface area (Å²) in [5.41, 5.74) is 9.04. The molecule has 0 aliphatic carbocycles. The van der Waals surface area contributed by atoms with E-state index in [1.165, 1.54) is 0 Å². The predicted octanol–water partition coefficient (Wildman–Crippen LogP) is 4.42. The second kappa shape index (κ2) is 10.5. The first-order valence-electron chi connectivity index (χ1n) is 9.54. The number of rotatable bonds is 8. The second-order valence-corrected chi connectivity index (χ2v) is 7.95. The lowest BCUT2D eigenvalue weighted by atomic mass is 10.0. The zero-order valence-corrected chi connectivity index (χ0v) is 17.5. The van der Waals surface area contributed by atoms with Gasteiger partial charge in [0.05, 0.1) is 12.5 Å². The molecule has 0 fully saturated rings. The summed E-state index contributed by atoms with van der Waals surface area (Å²) < 4.78 is 0. The number of anilines is 1. The van der Waals surface area contributed by atoms with Crippen LogP contribution in [0.3, 0.4) is 0 Å². The summed E-state index contributed by atoms with van der Waals surface area (Å²) in [7, 11) is 0. The molecule has 0 radical (unpaired) electrons. The van der Waals surface area contributed by atoms with Crippen LogP contribution in [0.15, 0.2) is 78.0 Å². The van der Waals surface area contributed by atoms with E-state index in [0.717, 1.165) is 27.3 Å². The van der Waals surface area contributed by atoms with Gasteiger partial charge in [0.2, 0.25) is 5.91 Å². The molecule has 0 bridgehead atoms. The number of urea groups is 1. The van der Waals surface area contributed by atoms with E-state index in [4.69, 9.17) is 5.73 Å². The van der Waals surface area contributed by atoms with Gasteiger partial charge in [-0.2, -0.15) is 0 Å². The topological polar surface area (TPSA) is 97.1 Å². The van der Waals surface area contributed by atoms with Crippen LogP contribution >= 0.6 is 11.8 Å². The third-order valence-electron chi connectivity index (χ3n) is 4.42. The van der Waals surface area contributed by atoms with Crippen LogP contribution in [0.4, 0.5) is 10.5 Å². The minimum atomic E-state index is -0.663. The molecule has 1 aromatic heterocycles. The number of hydrogen-bond donors (Lipinski definition) is 3. The van der Waals surface area contributed by atoms with Crippen molar-refractivity contribution in [2.45, 2.75) is 30.0 Å². The molecule has 0 spiro atoms. The van der Waals surface area contributed by atoms with Gasteiger partial charge in [0.1, 0.15) is 0 Å². The quantitative estimate of drug-likeness (QED) is 0.470. The average molecular weight is 421 g/mol. The van der Waals surface area contributed by atoms with Gasteiger partial charge in [0, 0.05) is 28.7 Å². The Hall–Kier alpha value is -3.32. The Bertz CT molecular complexity index is 994. The molecule has 1 atom stereocenters. The number of hydrogen-bond acceptors (Lipinski definition) is 4. The lowest BCUT2D eigenvalue weighted by Gasteiger charge is -2.18. The zero-order chi connectivity index (χ0) is 21.3. The first-order chi connectivity index (χ1) is 14.5. The molecule has 0 aliphatic heterocycles. The summed E-state index contributed by atoms with van der Waals surface area (Å²) in [6, 6.07) is 18.1. The van der Waals surface area contributed by atoms with E-state index >= 15 is 0 Å². The second-order valence-electron chi connectivity index (χ2n) is 6.90. The molecule has 154 valence electrons. The Balaban J connectivity index is 1.58. The van der Waals surface area contributed by atoms with Crippen molar-refractivity contribution in [1.29, 1.82) is 0 Å². The van der Waals surface area contributed by atoms with Crippen LogP contribution in [0.2, 0.25) is 0 Å². The summed E-state index contributed by atoms with van der Waals surface area (Å²) in [5, 5.41) is 5.53. The number of primary amides is 1. The predicted molar refractivity (Wildman–Crippen MR) is 120 cm³/mol. The number of aryl methyl sites for hydroxylation is 1. The number of carbonyl (C=O) groups is 2. The lowest BCUT2D eigenvalue weighted by Crippen LogP contribution is -2.35. The monoisotopic (exact) mass is 420 g/mol. The molecule has 4 N–H and O–H groups in total. The Labute approximate surface area is 180 Å². The summed E-state index contributed by atoms with van der Waals surface area (Å²) in [6.45, 7) is 1.96. The summed E-state index contributed by atoms with van der Waals surface area (Å²) >= 11 is 1.70. The number of aromatic nitrogens is 1. The Morgan fingerprint density at radius 3 is 2.57 bits per heavy atom. The van der Waals surface area contributed by atoms with E-state index in [1.54, 1.807) is 18.0 Å². The van der Waals surface area contributed by atoms with Crippen LogP contribution in [0.5, 0.6) is 0 Å². The maximum absolute atomic E-state index is 12.5. The molecule has 30 heavy (non-hydrogen) atoms. The van der Waals surface area contributed by atoms with Crippen LogP contribution in [-0.2, 0) is 10.5 Å². The van der Waals surface area contributed by atoms with E-state index in [-0.39, 0.29) is 12.3 Å². The zero-order valence-electron chi connectivity index (χ0n) is 16.7. The number of nitrogens with two attached hydrogens (primary N) is 1. The summed E-state index contributed by atoms with van der Waals surface area (Å²) in [5.74, 6) is 0.627. The number of pyridine rings is 1. The smallest absolute Gasteiger partial charge is 0.312 e. The number of carbonyl (C=O) groups excluding carboxylic acids is 2. The highest BCUT2D eigenvalue weighted by Gasteiger charge is 2.17. The van der Waals surface area contributed by atoms with E-state index in [0.29, 0.717) is 5.69 Å². The average Bonchev–Trinajstić information content (AvgIpc) is 2.73. The van der Waals surface area contributed by atoms with E-state index < -0.39 is 12.1 Å². The molecule has 0 aliphatic rings. The first-order valence-corrected chi connectivity index (χ1v) is 10.5. The van der Waals surface area contributed by atoms with Gasteiger partial charge in [0.15, 0.2) is 0 Å². The molecule has 0 saturated carbocycles. The molecule has 6 nitrogen and oxygen atoms in total. The molecule has 2 aromatic carbocycles. The molecule has 7 heteroatoms. The van der Waals surface area contributed by atoms with Crippen molar-refractivity contribution in [3.63, 3.8) is 0 Å². The van der Waals surface area contributed by atoms with Gasteiger partial charge in [-0.25, -0.2) is 4.79 Å². The Kier molecular flexibility index (Phi) is 7.45. The Morgan fingerprint density at radius 1 is 1.10 bits per heavy atom. The molecule has 3 amide bonds. The fourth-order valence-electron chi connectivity index (χ4n) is 2.99. The molecular weight excluding hydrogens is 396 g/mol. The van der Waals surface area contributed by atoms with Crippen LogP contribution in [-0.4, -0.2) is 16.9 Å². The van der Waals surface area contributed by atoms with Gasteiger partial charge in [-0.1, -0.05) is 35.9 Å². The minimum absolute atomic E-state index is 0.0872. The number of amides is 3. The normalized spacial score (nSPS) is 11.5. The maximum atomic E-state index is 12.5. The molecular formula is C23H24N4O2S. The molecule has 3 rings (SSSR count). The highest BCUT2D eigenvalue weighted by atomic mass is 32.2. The molecule has 1 unspecified atom stereocenters. The minimum Gasteiger partial charge on any atom is -0.352 e. The van der Waals surface area contributed by atoms with E-state index in [1.807, 2.05) is 73.8 Å². The SMILES string of the molecule is Cc1cccc(C(CC(=O)Nc2ccc(SCc3cccnc3)cc2)NC(N)=O)c1. The Morgan fingerprint density at radius 2 is 1.90 bits per heavy atom. The standard InChI is InChI=1S/C23H24N4O2S/c1-16-4-2-6-18(12-16)21(27-23(24)29)13-22(28)26-19-7-9-20(10-8-19)30-15-17-5-3-11-25-14-17/h2-12,14,21H,13,15H2,1H3,(H,26,28)(H3,24,27,29). The number of nitrogens with zero attached hydrogens (tertiary/aromatic N) is 1. The van der Waals surface area contributed by atoms with Crippen molar-refractivity contribution in [1.82, 2.24) is 10.3 Å². The van der Waals surface area contributed by atoms with E-state index in [9.17, 15) is 9.59 Å². The summed E-state index contributed by atoms with van der Waals surface area (Å²) in [6.07, 6.45) is 3.70. The highest BCUT2D eigenvalue weighted by molar-refractivity contribution is 7.98. The van der Waals surface area contributed by atoms with Crippen molar-refractivity contribution in [2.24, 2.45) is 5.73 Å². The molecule has 0 saturated heterocycles. The van der Waals surface area contributed by atoms with Crippen molar-refractivity contribution in [3.05, 3.63) is 89.7 Å². The number of thioether (sulfide) groups is 1. The van der Waals surface area contributed by atoms with Crippen molar-refractivity contribution in [2.75, 3.05) is 5.32 Å². The van der Waals surface area contributed by atoms with Crippen LogP contribution in [0.25, 0.3) is 0 Å². The van der Waals surface area contributed by atoms with Gasteiger partial charge >= 0.3 is 6.03 Å². The van der Waals surface area contributed by atoms with Gasteiger partial charge in [-0.15, -0.1) is 11.8 Å². The largest absolute Gasteiger partial charge is 0.352 e. The number of nitrogens with one attached hydrogen (secondary N) is 2. The fraction of sp³-hybridized carbons (Fsp3) is 0.174. The third-order valence-corrected chi connectivity index (χ3v) is 5.50. The van der Waals surface area contributed by atoms with Gasteiger partial charge in [0.25, 0.3) is 0 Å². The van der Waals surface area contributed by atoms with Crippen LogP contribution < -0.4 is 16.4 Å².